The first kappa shape index (κ1) is 14.6. The van der Waals surface area contributed by atoms with E-state index in [0.29, 0.717) is 32.1 Å². The van der Waals surface area contributed by atoms with Gasteiger partial charge in [-0.15, -0.1) is 0 Å². The summed E-state index contributed by atoms with van der Waals surface area (Å²) in [6, 6.07) is 7.21. The number of nitrogen functional groups attached to an aromatic ring is 1. The van der Waals surface area contributed by atoms with E-state index in [2.05, 4.69) is 13.8 Å². The molecule has 6 heteroatoms. The molecule has 0 radical (unpaired) electrons. The van der Waals surface area contributed by atoms with Crippen LogP contribution in [0.5, 0.6) is 5.75 Å². The topological polar surface area (TPSA) is 72.2 Å². The van der Waals surface area contributed by atoms with Gasteiger partial charge in [-0.1, -0.05) is 13.8 Å². The van der Waals surface area contributed by atoms with Crippen LogP contribution in [0, 0.1) is 5.41 Å². The molecule has 1 aromatic carbocycles. The van der Waals surface area contributed by atoms with Crippen LogP contribution >= 0.6 is 0 Å². The van der Waals surface area contributed by atoms with Crippen molar-refractivity contribution in [1.29, 1.82) is 0 Å². The van der Waals surface area contributed by atoms with Gasteiger partial charge in [-0.25, -0.2) is 0 Å². The summed E-state index contributed by atoms with van der Waals surface area (Å²) in [5.41, 5.74) is 6.30. The van der Waals surface area contributed by atoms with Crippen LogP contribution in [0.15, 0.2) is 24.3 Å². The lowest BCUT2D eigenvalue weighted by Gasteiger charge is -2.38. The predicted octanol–water partition coefficient (Wildman–Crippen LogP) is 1.75. The van der Waals surface area contributed by atoms with Crippen LogP contribution in [0.1, 0.15) is 13.8 Å². The van der Waals surface area contributed by atoms with Crippen molar-refractivity contribution in [2.75, 3.05) is 32.2 Å². The molecule has 2 aliphatic heterocycles. The molecule has 2 heterocycles. The molecule has 2 aliphatic rings. The van der Waals surface area contributed by atoms with E-state index in [-0.39, 0.29) is 11.5 Å². The van der Waals surface area contributed by atoms with Crippen molar-refractivity contribution in [3.05, 3.63) is 24.3 Å². The highest BCUT2D eigenvalue weighted by molar-refractivity contribution is 5.41. The van der Waals surface area contributed by atoms with Gasteiger partial charge in [0.15, 0.2) is 0 Å². The van der Waals surface area contributed by atoms with Crippen molar-refractivity contribution in [1.82, 2.24) is 0 Å². The Morgan fingerprint density at radius 2 is 1.81 bits per heavy atom. The van der Waals surface area contributed by atoms with Crippen LogP contribution in [0.3, 0.4) is 0 Å². The Bertz CT molecular complexity index is 477. The average Bonchev–Trinajstić information content (AvgIpc) is 2.86. The zero-order valence-electron chi connectivity index (χ0n) is 12.3. The zero-order valence-corrected chi connectivity index (χ0v) is 12.3. The van der Waals surface area contributed by atoms with Gasteiger partial charge in [-0.3, -0.25) is 4.74 Å². The number of hydrogen-bond acceptors (Lipinski definition) is 6. The highest BCUT2D eigenvalue weighted by atomic mass is 17.0. The van der Waals surface area contributed by atoms with E-state index in [1.807, 2.05) is 12.1 Å². The smallest absolute Gasteiger partial charge is 0.413 e. The van der Waals surface area contributed by atoms with Crippen LogP contribution in [0.4, 0.5) is 5.69 Å². The molecule has 0 aliphatic carbocycles. The first-order chi connectivity index (χ1) is 9.96. The lowest BCUT2D eigenvalue weighted by atomic mass is 9.96. The Morgan fingerprint density at radius 1 is 1.14 bits per heavy atom. The minimum Gasteiger partial charge on any atom is -0.491 e. The molecule has 0 aromatic heterocycles. The van der Waals surface area contributed by atoms with E-state index in [0.717, 1.165) is 5.75 Å². The van der Waals surface area contributed by atoms with E-state index in [9.17, 15) is 0 Å². The Labute approximate surface area is 124 Å². The normalized spacial score (nSPS) is 26.9. The Hall–Kier alpha value is -1.34. The summed E-state index contributed by atoms with van der Waals surface area (Å²) in [7, 11) is 0. The molecule has 1 spiro atoms. The third-order valence-corrected chi connectivity index (χ3v) is 3.35. The first-order valence-electron chi connectivity index (χ1n) is 7.04. The summed E-state index contributed by atoms with van der Waals surface area (Å²) >= 11 is 0. The van der Waals surface area contributed by atoms with Crippen molar-refractivity contribution in [3.63, 3.8) is 0 Å². The van der Waals surface area contributed by atoms with E-state index >= 15 is 0 Å². The molecule has 2 saturated heterocycles. The van der Waals surface area contributed by atoms with Crippen LogP contribution in [0.25, 0.3) is 0 Å². The van der Waals surface area contributed by atoms with Gasteiger partial charge in [0.25, 0.3) is 0 Å². The van der Waals surface area contributed by atoms with Crippen LogP contribution in [0.2, 0.25) is 0 Å². The van der Waals surface area contributed by atoms with Gasteiger partial charge in [0.05, 0.1) is 19.8 Å². The zero-order chi connectivity index (χ0) is 14.9. The molecule has 3 rings (SSSR count). The maximum atomic E-state index is 5.71. The molecule has 2 N–H and O–H groups in total. The third-order valence-electron chi connectivity index (χ3n) is 3.35. The fraction of sp³-hybridized carbons (Fsp3) is 0.600. The van der Waals surface area contributed by atoms with Crippen LogP contribution < -0.4 is 10.5 Å². The summed E-state index contributed by atoms with van der Waals surface area (Å²) in [6.45, 7) is 5.92. The van der Waals surface area contributed by atoms with Crippen LogP contribution in [-0.2, 0) is 18.9 Å². The lowest BCUT2D eigenvalue weighted by molar-refractivity contribution is -0.495. The second-order valence-electron chi connectivity index (χ2n) is 6.17. The van der Waals surface area contributed by atoms with Gasteiger partial charge in [-0.05, 0) is 24.3 Å². The summed E-state index contributed by atoms with van der Waals surface area (Å²) in [5, 5.41) is 0. The van der Waals surface area contributed by atoms with Gasteiger partial charge in [0.2, 0.25) is 0 Å². The van der Waals surface area contributed by atoms with Gasteiger partial charge in [-0.2, -0.15) is 0 Å². The molecular weight excluding hydrogens is 274 g/mol. The lowest BCUT2D eigenvalue weighted by Crippen LogP contribution is -2.48. The number of anilines is 1. The molecule has 6 nitrogen and oxygen atoms in total. The number of rotatable bonds is 3. The number of hydrogen-bond donors (Lipinski definition) is 1. The largest absolute Gasteiger partial charge is 0.491 e. The highest BCUT2D eigenvalue weighted by Gasteiger charge is 2.50. The van der Waals surface area contributed by atoms with E-state index in [1.54, 1.807) is 12.1 Å². The standard InChI is InChI=1S/C15H21NO5/c1-14(2)9-19-15(20-10-14)18-8-13(21-15)7-17-12-5-3-11(16)4-6-12/h3-6,13H,7-10,16H2,1-2H3. The van der Waals surface area contributed by atoms with Crippen molar-refractivity contribution >= 4 is 5.69 Å². The molecule has 0 bridgehead atoms. The SMILES string of the molecule is CC1(C)COC2(OCC(COc3ccc(N)cc3)O2)OC1. The van der Waals surface area contributed by atoms with Gasteiger partial charge >= 0.3 is 6.16 Å². The monoisotopic (exact) mass is 295 g/mol. The summed E-state index contributed by atoms with van der Waals surface area (Å²) in [6.07, 6.45) is -1.59. The highest BCUT2D eigenvalue weighted by Crippen LogP contribution is 2.35. The maximum Gasteiger partial charge on any atom is 0.413 e. The Balaban J connectivity index is 1.50. The molecule has 1 unspecified atom stereocenters. The van der Waals surface area contributed by atoms with E-state index < -0.39 is 6.16 Å². The minimum atomic E-state index is -1.36. The van der Waals surface area contributed by atoms with Gasteiger partial charge in [0, 0.05) is 11.1 Å². The number of nitrogens with two attached hydrogens (primary N) is 1. The predicted molar refractivity (Wildman–Crippen MR) is 75.6 cm³/mol. The molecular formula is C15H21NO5. The summed E-state index contributed by atoms with van der Waals surface area (Å²) in [5.74, 6) is 0.736. The Kier molecular flexibility index (Phi) is 3.79. The number of benzene rings is 1. The molecule has 2 fully saturated rings. The average molecular weight is 295 g/mol. The van der Waals surface area contributed by atoms with Crippen molar-refractivity contribution in [2.24, 2.45) is 5.41 Å². The summed E-state index contributed by atoms with van der Waals surface area (Å²) < 4.78 is 28.1. The van der Waals surface area contributed by atoms with Crippen molar-refractivity contribution < 1.29 is 23.7 Å². The third kappa shape index (κ3) is 3.47. The van der Waals surface area contributed by atoms with Crippen molar-refractivity contribution in [3.8, 4) is 5.75 Å². The summed E-state index contributed by atoms with van der Waals surface area (Å²) in [4.78, 5) is 0. The second kappa shape index (κ2) is 5.46. The molecule has 0 saturated carbocycles. The molecule has 0 amide bonds. The molecule has 1 aromatic rings. The first-order valence-corrected chi connectivity index (χ1v) is 7.04. The fourth-order valence-corrected chi connectivity index (χ4v) is 2.10. The number of ether oxygens (including phenoxy) is 5. The minimum absolute atomic E-state index is 0.0312. The van der Waals surface area contributed by atoms with E-state index in [1.165, 1.54) is 0 Å². The van der Waals surface area contributed by atoms with Crippen LogP contribution in [-0.4, -0.2) is 38.7 Å². The van der Waals surface area contributed by atoms with Crippen molar-refractivity contribution in [2.45, 2.75) is 26.1 Å². The van der Waals surface area contributed by atoms with Gasteiger partial charge in [0.1, 0.15) is 18.5 Å². The molecule has 21 heavy (non-hydrogen) atoms. The van der Waals surface area contributed by atoms with E-state index in [4.69, 9.17) is 29.4 Å². The fourth-order valence-electron chi connectivity index (χ4n) is 2.10. The molecule has 116 valence electrons. The second-order valence-corrected chi connectivity index (χ2v) is 6.17. The Morgan fingerprint density at radius 3 is 2.48 bits per heavy atom. The maximum absolute atomic E-state index is 5.71. The van der Waals surface area contributed by atoms with Gasteiger partial charge < -0.3 is 24.7 Å². The molecule has 1 atom stereocenters. The quantitative estimate of drug-likeness (QED) is 0.857.